The summed E-state index contributed by atoms with van der Waals surface area (Å²) in [5, 5.41) is 0. The highest BCUT2D eigenvalue weighted by molar-refractivity contribution is 5.97. The maximum atomic E-state index is 11.6. The molecule has 0 unspecified atom stereocenters. The maximum absolute atomic E-state index is 11.6. The molecule has 1 rings (SSSR count). The lowest BCUT2D eigenvalue weighted by molar-refractivity contribution is -0.134. The van der Waals surface area contributed by atoms with E-state index in [1.54, 1.807) is 11.9 Å². The number of hydrogen-bond donors (Lipinski definition) is 0. The first-order valence-corrected chi connectivity index (χ1v) is 4.42. The van der Waals surface area contributed by atoms with Crippen molar-refractivity contribution in [3.8, 4) is 0 Å². The molecule has 0 spiro atoms. The van der Waals surface area contributed by atoms with Crippen molar-refractivity contribution in [2.24, 2.45) is 0 Å². The van der Waals surface area contributed by atoms with E-state index in [-0.39, 0.29) is 11.9 Å². The predicted octanol–water partition coefficient (Wildman–Crippen LogP) is 1.07. The zero-order valence-corrected chi connectivity index (χ0v) is 8.63. The minimum atomic E-state index is -0.414. The number of urea groups is 1. The number of carbonyl (C=O) groups is 2. The van der Waals surface area contributed by atoms with Gasteiger partial charge in [-0.05, 0) is 20.8 Å². The molecule has 1 saturated heterocycles. The van der Waals surface area contributed by atoms with Crippen LogP contribution in [0.2, 0.25) is 0 Å². The molecular weight excluding hydrogens is 168 g/mol. The van der Waals surface area contributed by atoms with Gasteiger partial charge in [-0.3, -0.25) is 9.69 Å². The third-order valence-electron chi connectivity index (χ3n) is 2.10. The molecule has 0 atom stereocenters. The van der Waals surface area contributed by atoms with E-state index in [1.165, 1.54) is 4.90 Å². The Hall–Kier alpha value is -1.06. The lowest BCUT2D eigenvalue weighted by Crippen LogP contribution is -2.57. The summed E-state index contributed by atoms with van der Waals surface area (Å²) < 4.78 is 0. The Balaban J connectivity index is 2.91. The van der Waals surface area contributed by atoms with Gasteiger partial charge in [-0.25, -0.2) is 4.79 Å². The van der Waals surface area contributed by atoms with E-state index in [0.29, 0.717) is 13.0 Å². The molecule has 4 nitrogen and oxygen atoms in total. The summed E-state index contributed by atoms with van der Waals surface area (Å²) in [5.41, 5.74) is -0.414. The summed E-state index contributed by atoms with van der Waals surface area (Å²) in [6.45, 7) is 6.12. The molecule has 1 aliphatic rings. The molecule has 1 fully saturated rings. The van der Waals surface area contributed by atoms with Crippen LogP contribution in [0.4, 0.5) is 4.79 Å². The Kier molecular flexibility index (Phi) is 2.32. The van der Waals surface area contributed by atoms with Gasteiger partial charge < -0.3 is 4.90 Å². The fraction of sp³-hybridized carbons (Fsp3) is 0.778. The van der Waals surface area contributed by atoms with E-state index in [4.69, 9.17) is 0 Å². The summed E-state index contributed by atoms with van der Waals surface area (Å²) in [5.74, 6) is -0.0735. The van der Waals surface area contributed by atoms with Gasteiger partial charge >= 0.3 is 6.03 Å². The summed E-state index contributed by atoms with van der Waals surface area (Å²) >= 11 is 0. The van der Waals surface area contributed by atoms with Crippen LogP contribution in [0.1, 0.15) is 27.2 Å². The number of hydrogen-bond acceptors (Lipinski definition) is 2. The highest BCUT2D eigenvalue weighted by Gasteiger charge is 2.37. The van der Waals surface area contributed by atoms with Crippen LogP contribution < -0.4 is 0 Å². The average molecular weight is 184 g/mol. The Labute approximate surface area is 78.5 Å². The highest BCUT2D eigenvalue weighted by Crippen LogP contribution is 2.20. The molecule has 1 aliphatic heterocycles. The molecule has 0 saturated carbocycles. The van der Waals surface area contributed by atoms with Crippen molar-refractivity contribution in [2.75, 3.05) is 13.6 Å². The molecule has 0 radical (unpaired) electrons. The molecule has 0 bridgehead atoms. The second kappa shape index (κ2) is 3.01. The van der Waals surface area contributed by atoms with E-state index >= 15 is 0 Å². The van der Waals surface area contributed by atoms with Gasteiger partial charge in [0.1, 0.15) is 0 Å². The third-order valence-corrected chi connectivity index (χ3v) is 2.10. The normalized spacial score (nSPS) is 19.7. The first-order valence-electron chi connectivity index (χ1n) is 4.42. The van der Waals surface area contributed by atoms with Crippen molar-refractivity contribution in [1.82, 2.24) is 9.80 Å². The van der Waals surface area contributed by atoms with Crippen LogP contribution in [-0.4, -0.2) is 40.9 Å². The summed E-state index contributed by atoms with van der Waals surface area (Å²) in [7, 11) is 1.72. The fourth-order valence-corrected chi connectivity index (χ4v) is 1.41. The van der Waals surface area contributed by atoms with Crippen LogP contribution in [0.3, 0.4) is 0 Å². The molecule has 0 aromatic carbocycles. The van der Waals surface area contributed by atoms with Crippen LogP contribution in [-0.2, 0) is 4.79 Å². The van der Waals surface area contributed by atoms with Crippen LogP contribution in [0.25, 0.3) is 0 Å². The van der Waals surface area contributed by atoms with E-state index in [0.717, 1.165) is 0 Å². The topological polar surface area (TPSA) is 40.6 Å². The summed E-state index contributed by atoms with van der Waals surface area (Å²) in [6, 6.07) is -0.191. The van der Waals surface area contributed by atoms with Crippen molar-refractivity contribution < 1.29 is 9.59 Å². The third kappa shape index (κ3) is 1.82. The largest absolute Gasteiger partial charge is 0.327 e. The van der Waals surface area contributed by atoms with E-state index in [9.17, 15) is 9.59 Å². The monoisotopic (exact) mass is 184 g/mol. The van der Waals surface area contributed by atoms with Gasteiger partial charge in [0.05, 0.1) is 0 Å². The van der Waals surface area contributed by atoms with Gasteiger partial charge in [0.2, 0.25) is 5.91 Å². The van der Waals surface area contributed by atoms with Gasteiger partial charge in [0.15, 0.2) is 0 Å². The van der Waals surface area contributed by atoms with Crippen molar-refractivity contribution in [3.05, 3.63) is 0 Å². The molecule has 0 N–H and O–H groups in total. The van der Waals surface area contributed by atoms with Crippen LogP contribution in [0.5, 0.6) is 0 Å². The molecular formula is C9H16N2O2. The summed E-state index contributed by atoms with van der Waals surface area (Å²) in [6.07, 6.45) is 0.430. The minimum absolute atomic E-state index is 0.0735. The fourth-order valence-electron chi connectivity index (χ4n) is 1.41. The number of rotatable bonds is 0. The maximum Gasteiger partial charge on any atom is 0.326 e. The number of carbonyl (C=O) groups excluding carboxylic acids is 2. The van der Waals surface area contributed by atoms with Crippen LogP contribution in [0, 0.1) is 0 Å². The van der Waals surface area contributed by atoms with Crippen LogP contribution >= 0.6 is 0 Å². The lowest BCUT2D eigenvalue weighted by atomic mass is 10.0. The van der Waals surface area contributed by atoms with Crippen molar-refractivity contribution in [3.63, 3.8) is 0 Å². The van der Waals surface area contributed by atoms with Gasteiger partial charge in [0.25, 0.3) is 0 Å². The van der Waals surface area contributed by atoms with Gasteiger partial charge in [-0.15, -0.1) is 0 Å². The predicted molar refractivity (Wildman–Crippen MR) is 49.2 cm³/mol. The number of nitrogens with zero attached hydrogens (tertiary/aromatic N) is 2. The van der Waals surface area contributed by atoms with Gasteiger partial charge in [0, 0.05) is 25.6 Å². The average Bonchev–Trinajstić information content (AvgIpc) is 1.95. The van der Waals surface area contributed by atoms with Gasteiger partial charge in [-0.1, -0.05) is 0 Å². The second-order valence-corrected chi connectivity index (χ2v) is 4.35. The summed E-state index contributed by atoms with van der Waals surface area (Å²) in [4.78, 5) is 26.0. The van der Waals surface area contributed by atoms with Crippen molar-refractivity contribution in [2.45, 2.75) is 32.7 Å². The molecule has 4 heteroatoms. The molecule has 74 valence electrons. The Morgan fingerprint density at radius 2 is 1.77 bits per heavy atom. The molecule has 0 aromatic heterocycles. The van der Waals surface area contributed by atoms with E-state index in [1.807, 2.05) is 20.8 Å². The first-order chi connectivity index (χ1) is 5.84. The quantitative estimate of drug-likeness (QED) is 0.565. The van der Waals surface area contributed by atoms with Crippen molar-refractivity contribution in [1.29, 1.82) is 0 Å². The molecule has 1 heterocycles. The second-order valence-electron chi connectivity index (χ2n) is 4.35. The van der Waals surface area contributed by atoms with Crippen LogP contribution in [0.15, 0.2) is 0 Å². The molecule has 13 heavy (non-hydrogen) atoms. The standard InChI is InChI=1S/C9H16N2O2/c1-9(2,3)11-7(12)5-6-10(4)8(11)13/h5-6H2,1-4H3. The first kappa shape index (κ1) is 10.0. The van der Waals surface area contributed by atoms with E-state index < -0.39 is 5.54 Å². The lowest BCUT2D eigenvalue weighted by Gasteiger charge is -2.39. The number of imide groups is 1. The molecule has 3 amide bonds. The van der Waals surface area contributed by atoms with Crippen molar-refractivity contribution >= 4 is 11.9 Å². The zero-order valence-electron chi connectivity index (χ0n) is 8.63. The molecule has 0 aliphatic carbocycles. The number of amides is 3. The van der Waals surface area contributed by atoms with E-state index in [2.05, 4.69) is 0 Å². The Morgan fingerprint density at radius 3 is 2.15 bits per heavy atom. The van der Waals surface area contributed by atoms with Gasteiger partial charge in [-0.2, -0.15) is 0 Å². The Morgan fingerprint density at radius 1 is 1.23 bits per heavy atom. The molecule has 0 aromatic rings. The SMILES string of the molecule is CN1CCC(=O)N(C(C)(C)C)C1=O. The smallest absolute Gasteiger partial charge is 0.326 e. The Bertz CT molecular complexity index is 242. The highest BCUT2D eigenvalue weighted by atomic mass is 16.2. The minimum Gasteiger partial charge on any atom is -0.327 e. The zero-order chi connectivity index (χ0) is 10.2.